The number of rotatable bonds is 7. The van der Waals surface area contributed by atoms with Gasteiger partial charge < -0.3 is 9.26 Å². The highest BCUT2D eigenvalue weighted by Gasteiger charge is 2.10. The maximum absolute atomic E-state index is 5.28. The largest absolute Gasteiger partial charge is 0.383 e. The van der Waals surface area contributed by atoms with Crippen molar-refractivity contribution in [3.63, 3.8) is 0 Å². The van der Waals surface area contributed by atoms with Gasteiger partial charge in [0.2, 0.25) is 0 Å². The van der Waals surface area contributed by atoms with Crippen molar-refractivity contribution in [2.24, 2.45) is 0 Å². The lowest BCUT2D eigenvalue weighted by Gasteiger charge is -2.20. The summed E-state index contributed by atoms with van der Waals surface area (Å²) in [5.74, 6) is 0.893. The number of aryl methyl sites for hydroxylation is 1. The first-order chi connectivity index (χ1) is 9.28. The molecule has 1 aromatic heterocycles. The average Bonchev–Trinajstić information content (AvgIpc) is 2.82. The zero-order valence-corrected chi connectivity index (χ0v) is 11.5. The standard InChI is InChI=1S/C15H20N2O2/c1-13-10-15(19-16-13)12-17(8-9-18-2)11-14-6-4-3-5-7-14/h3-7,10H,8-9,11-12H2,1-2H3. The summed E-state index contributed by atoms with van der Waals surface area (Å²) in [4.78, 5) is 2.29. The van der Waals surface area contributed by atoms with Crippen LogP contribution in [0, 0.1) is 6.92 Å². The van der Waals surface area contributed by atoms with Crippen molar-refractivity contribution in [3.05, 3.63) is 53.4 Å². The minimum Gasteiger partial charge on any atom is -0.383 e. The van der Waals surface area contributed by atoms with Crippen molar-refractivity contribution in [3.8, 4) is 0 Å². The van der Waals surface area contributed by atoms with Crippen LogP contribution in [-0.2, 0) is 17.8 Å². The molecule has 4 heteroatoms. The molecule has 0 aliphatic heterocycles. The van der Waals surface area contributed by atoms with Crippen molar-refractivity contribution in [1.29, 1.82) is 0 Å². The molecule has 4 nitrogen and oxygen atoms in total. The summed E-state index contributed by atoms with van der Waals surface area (Å²) in [5.41, 5.74) is 2.20. The van der Waals surface area contributed by atoms with Gasteiger partial charge >= 0.3 is 0 Å². The number of benzene rings is 1. The molecule has 0 bridgehead atoms. The Morgan fingerprint density at radius 1 is 1.21 bits per heavy atom. The van der Waals surface area contributed by atoms with Gasteiger partial charge in [0, 0.05) is 26.3 Å². The number of nitrogens with zero attached hydrogens (tertiary/aromatic N) is 2. The molecule has 1 heterocycles. The number of ether oxygens (including phenoxy) is 1. The van der Waals surface area contributed by atoms with Gasteiger partial charge in [-0.2, -0.15) is 0 Å². The maximum atomic E-state index is 5.28. The molecule has 19 heavy (non-hydrogen) atoms. The molecule has 0 atom stereocenters. The van der Waals surface area contributed by atoms with Gasteiger partial charge in [0.25, 0.3) is 0 Å². The van der Waals surface area contributed by atoms with E-state index in [0.717, 1.165) is 31.1 Å². The molecule has 0 aliphatic carbocycles. The van der Waals surface area contributed by atoms with Crippen LogP contribution in [0.4, 0.5) is 0 Å². The summed E-state index contributed by atoms with van der Waals surface area (Å²) < 4.78 is 10.4. The highest BCUT2D eigenvalue weighted by atomic mass is 16.5. The monoisotopic (exact) mass is 260 g/mol. The van der Waals surface area contributed by atoms with E-state index in [1.54, 1.807) is 7.11 Å². The lowest BCUT2D eigenvalue weighted by Crippen LogP contribution is -2.26. The van der Waals surface area contributed by atoms with E-state index in [4.69, 9.17) is 9.26 Å². The molecular weight excluding hydrogens is 240 g/mol. The zero-order chi connectivity index (χ0) is 13.5. The Bertz CT molecular complexity index is 482. The number of hydrogen-bond acceptors (Lipinski definition) is 4. The minimum absolute atomic E-state index is 0.708. The zero-order valence-electron chi connectivity index (χ0n) is 11.5. The molecule has 0 saturated carbocycles. The molecule has 2 rings (SSSR count). The first-order valence-electron chi connectivity index (χ1n) is 6.45. The summed E-state index contributed by atoms with van der Waals surface area (Å²) in [6, 6.07) is 12.4. The fourth-order valence-corrected chi connectivity index (χ4v) is 1.99. The van der Waals surface area contributed by atoms with Crippen LogP contribution in [0.2, 0.25) is 0 Å². The third-order valence-corrected chi connectivity index (χ3v) is 2.92. The Labute approximate surface area is 114 Å². The highest BCUT2D eigenvalue weighted by molar-refractivity contribution is 5.14. The average molecular weight is 260 g/mol. The molecule has 0 amide bonds. The van der Waals surface area contributed by atoms with E-state index < -0.39 is 0 Å². The van der Waals surface area contributed by atoms with Gasteiger partial charge in [-0.1, -0.05) is 35.5 Å². The third-order valence-electron chi connectivity index (χ3n) is 2.92. The van der Waals surface area contributed by atoms with Crippen molar-refractivity contribution in [1.82, 2.24) is 10.1 Å². The van der Waals surface area contributed by atoms with Crippen LogP contribution in [0.5, 0.6) is 0 Å². The van der Waals surface area contributed by atoms with E-state index in [1.807, 2.05) is 19.1 Å². The Hall–Kier alpha value is -1.65. The van der Waals surface area contributed by atoms with Gasteiger partial charge in [-0.15, -0.1) is 0 Å². The lowest BCUT2D eigenvalue weighted by molar-refractivity contribution is 0.133. The predicted molar refractivity (Wildman–Crippen MR) is 73.7 cm³/mol. The van der Waals surface area contributed by atoms with Crippen molar-refractivity contribution < 1.29 is 9.26 Å². The molecule has 0 fully saturated rings. The number of aromatic nitrogens is 1. The van der Waals surface area contributed by atoms with Crippen molar-refractivity contribution in [2.45, 2.75) is 20.0 Å². The minimum atomic E-state index is 0.708. The van der Waals surface area contributed by atoms with E-state index in [1.165, 1.54) is 5.56 Å². The van der Waals surface area contributed by atoms with Crippen LogP contribution < -0.4 is 0 Å². The molecule has 0 N–H and O–H groups in total. The van der Waals surface area contributed by atoms with Crippen molar-refractivity contribution >= 4 is 0 Å². The maximum Gasteiger partial charge on any atom is 0.150 e. The van der Waals surface area contributed by atoms with Gasteiger partial charge in [0.15, 0.2) is 5.76 Å². The molecular formula is C15H20N2O2. The molecule has 2 aromatic rings. The van der Waals surface area contributed by atoms with E-state index in [-0.39, 0.29) is 0 Å². The number of hydrogen-bond donors (Lipinski definition) is 0. The summed E-state index contributed by atoms with van der Waals surface area (Å²) in [7, 11) is 1.72. The third kappa shape index (κ3) is 4.50. The summed E-state index contributed by atoms with van der Waals surface area (Å²) in [5, 5.41) is 3.92. The van der Waals surface area contributed by atoms with Gasteiger partial charge in [-0.25, -0.2) is 0 Å². The van der Waals surface area contributed by atoms with Crippen LogP contribution in [-0.4, -0.2) is 30.3 Å². The second kappa shape index (κ2) is 7.07. The highest BCUT2D eigenvalue weighted by Crippen LogP contribution is 2.10. The van der Waals surface area contributed by atoms with E-state index >= 15 is 0 Å². The Morgan fingerprint density at radius 3 is 2.63 bits per heavy atom. The van der Waals surface area contributed by atoms with Crippen LogP contribution in [0.1, 0.15) is 17.0 Å². The first kappa shape index (κ1) is 13.8. The predicted octanol–water partition coefficient (Wildman–Crippen LogP) is 2.63. The lowest BCUT2D eigenvalue weighted by atomic mass is 10.2. The summed E-state index contributed by atoms with van der Waals surface area (Å²) in [6.45, 7) is 5.14. The quantitative estimate of drug-likeness (QED) is 0.767. The fraction of sp³-hybridized carbons (Fsp3) is 0.400. The molecule has 0 spiro atoms. The van der Waals surface area contributed by atoms with Gasteiger partial charge in [-0.05, 0) is 12.5 Å². The normalized spacial score (nSPS) is 11.1. The van der Waals surface area contributed by atoms with E-state index in [9.17, 15) is 0 Å². The van der Waals surface area contributed by atoms with Gasteiger partial charge in [0.05, 0.1) is 18.8 Å². The Kier molecular flexibility index (Phi) is 5.12. The van der Waals surface area contributed by atoms with Crippen molar-refractivity contribution in [2.75, 3.05) is 20.3 Å². The SMILES string of the molecule is COCCN(Cc1ccccc1)Cc1cc(C)no1. The molecule has 0 saturated heterocycles. The summed E-state index contributed by atoms with van der Waals surface area (Å²) >= 11 is 0. The van der Waals surface area contributed by atoms with Gasteiger partial charge in [0.1, 0.15) is 0 Å². The molecule has 0 radical (unpaired) electrons. The molecule has 1 aromatic carbocycles. The Morgan fingerprint density at radius 2 is 2.00 bits per heavy atom. The van der Waals surface area contributed by atoms with Crippen LogP contribution >= 0.6 is 0 Å². The van der Waals surface area contributed by atoms with Gasteiger partial charge in [-0.3, -0.25) is 4.90 Å². The first-order valence-corrected chi connectivity index (χ1v) is 6.45. The molecule has 0 unspecified atom stereocenters. The second-order valence-electron chi connectivity index (χ2n) is 4.62. The molecule has 102 valence electrons. The summed E-state index contributed by atoms with van der Waals surface area (Å²) in [6.07, 6.45) is 0. The van der Waals surface area contributed by atoms with Crippen LogP contribution in [0.25, 0.3) is 0 Å². The topological polar surface area (TPSA) is 38.5 Å². The van der Waals surface area contributed by atoms with Crippen LogP contribution in [0.15, 0.2) is 40.9 Å². The Balaban J connectivity index is 1.99. The van der Waals surface area contributed by atoms with E-state index in [2.05, 4.69) is 34.3 Å². The second-order valence-corrected chi connectivity index (χ2v) is 4.62. The fourth-order valence-electron chi connectivity index (χ4n) is 1.99. The molecule has 0 aliphatic rings. The van der Waals surface area contributed by atoms with Crippen LogP contribution in [0.3, 0.4) is 0 Å². The smallest absolute Gasteiger partial charge is 0.150 e. The van der Waals surface area contributed by atoms with E-state index in [0.29, 0.717) is 6.61 Å². The number of methoxy groups -OCH3 is 1.